The maximum atomic E-state index is 11.7. The molecular formula is C11H13N3O4. The molecule has 7 nitrogen and oxygen atoms in total. The van der Waals surface area contributed by atoms with E-state index in [4.69, 9.17) is 5.84 Å². The molecule has 0 aromatic heterocycles. The van der Waals surface area contributed by atoms with Crippen molar-refractivity contribution in [3.8, 4) is 5.75 Å². The van der Waals surface area contributed by atoms with Crippen LogP contribution in [0.3, 0.4) is 0 Å². The number of nitro groups is 1. The quantitative estimate of drug-likeness (QED) is 0.273. The summed E-state index contributed by atoms with van der Waals surface area (Å²) in [5.41, 5.74) is -0.106. The number of carbonyl (C=O) groups is 1. The molecule has 1 aromatic carbocycles. The maximum Gasteiger partial charge on any atom is 0.270 e. The summed E-state index contributed by atoms with van der Waals surface area (Å²) in [6.07, 6.45) is 2.41. The number of non-ortho nitro benzene ring substituents is 1. The van der Waals surface area contributed by atoms with Gasteiger partial charge in [-0.25, -0.2) is 5.84 Å². The summed E-state index contributed by atoms with van der Waals surface area (Å²) in [6.45, 7) is 1.48. The topological polar surface area (TPSA) is 110 Å². The first-order chi connectivity index (χ1) is 8.32. The fraction of sp³-hybridized carbons (Fsp3) is 0.182. The zero-order chi connectivity index (χ0) is 13.9. The number of allylic oxidation sites excluding steroid dienone is 1. The number of ketones is 1. The number of phenols is 1. The van der Waals surface area contributed by atoms with Crippen LogP contribution in [0.2, 0.25) is 0 Å². The smallest absolute Gasteiger partial charge is 0.270 e. The molecule has 1 aromatic rings. The lowest BCUT2D eigenvalue weighted by molar-refractivity contribution is -0.384. The highest BCUT2D eigenvalue weighted by atomic mass is 16.6. The Morgan fingerprint density at radius 3 is 2.67 bits per heavy atom. The molecule has 0 saturated carbocycles. The summed E-state index contributed by atoms with van der Waals surface area (Å²) in [6, 6.07) is 2.23. The molecule has 1 rings (SSSR count). The molecule has 0 radical (unpaired) electrons. The summed E-state index contributed by atoms with van der Waals surface area (Å²) in [5, 5.41) is 21.5. The minimum absolute atomic E-state index is 0.125. The summed E-state index contributed by atoms with van der Waals surface area (Å²) < 4.78 is 0. The second-order valence-corrected chi connectivity index (χ2v) is 3.76. The molecule has 0 saturated heterocycles. The highest BCUT2D eigenvalue weighted by molar-refractivity contribution is 6.07. The Bertz CT molecular complexity index is 523. The van der Waals surface area contributed by atoms with E-state index in [-0.39, 0.29) is 22.6 Å². The van der Waals surface area contributed by atoms with Crippen LogP contribution in [0.25, 0.3) is 0 Å². The van der Waals surface area contributed by atoms with Crippen molar-refractivity contribution in [3.63, 3.8) is 0 Å². The summed E-state index contributed by atoms with van der Waals surface area (Å²) >= 11 is 0. The van der Waals surface area contributed by atoms with E-state index in [1.54, 1.807) is 0 Å². The molecule has 0 aliphatic heterocycles. The Labute approximate surface area is 103 Å². The lowest BCUT2D eigenvalue weighted by atomic mass is 10.0. The van der Waals surface area contributed by atoms with E-state index in [9.17, 15) is 20.0 Å². The van der Waals surface area contributed by atoms with Crippen molar-refractivity contribution in [1.29, 1.82) is 0 Å². The van der Waals surface area contributed by atoms with Gasteiger partial charge in [-0.15, -0.1) is 0 Å². The van der Waals surface area contributed by atoms with Crippen LogP contribution in [0.4, 0.5) is 5.69 Å². The van der Waals surface area contributed by atoms with Gasteiger partial charge >= 0.3 is 0 Å². The number of benzene rings is 1. The SMILES string of the molecule is Cc1cc([N+](=O)[O-])cc(C(=O)/C=C/N(C)N)c1O. The predicted molar refractivity (Wildman–Crippen MR) is 64.9 cm³/mol. The van der Waals surface area contributed by atoms with Gasteiger partial charge in [0.15, 0.2) is 5.78 Å². The molecule has 96 valence electrons. The molecule has 7 heteroatoms. The molecule has 0 bridgehead atoms. The highest BCUT2D eigenvalue weighted by Crippen LogP contribution is 2.28. The highest BCUT2D eigenvalue weighted by Gasteiger charge is 2.17. The van der Waals surface area contributed by atoms with Crippen molar-refractivity contribution < 1.29 is 14.8 Å². The molecule has 0 aliphatic carbocycles. The second-order valence-electron chi connectivity index (χ2n) is 3.76. The standard InChI is InChI=1S/C11H13N3O4/c1-7-5-8(14(17)18)6-9(11(7)16)10(15)3-4-13(2)12/h3-6,16H,12H2,1-2H3/b4-3+. The molecule has 0 heterocycles. The fourth-order valence-corrected chi connectivity index (χ4v) is 1.33. The number of hydrogen-bond acceptors (Lipinski definition) is 6. The lowest BCUT2D eigenvalue weighted by Crippen LogP contribution is -2.18. The van der Waals surface area contributed by atoms with Crippen molar-refractivity contribution in [2.45, 2.75) is 6.92 Å². The lowest BCUT2D eigenvalue weighted by Gasteiger charge is -2.06. The number of rotatable bonds is 4. The molecule has 0 amide bonds. The largest absolute Gasteiger partial charge is 0.507 e. The van der Waals surface area contributed by atoms with E-state index in [0.29, 0.717) is 0 Å². The Hall–Kier alpha value is -2.41. The Morgan fingerprint density at radius 1 is 1.56 bits per heavy atom. The zero-order valence-corrected chi connectivity index (χ0v) is 9.95. The first kappa shape index (κ1) is 13.7. The third-order valence-corrected chi connectivity index (χ3v) is 2.22. The van der Waals surface area contributed by atoms with Gasteiger partial charge in [-0.2, -0.15) is 0 Å². The van der Waals surface area contributed by atoms with Crippen LogP contribution >= 0.6 is 0 Å². The number of hydrazine groups is 1. The van der Waals surface area contributed by atoms with Gasteiger partial charge in [0.25, 0.3) is 5.69 Å². The number of nitrogens with two attached hydrogens (primary N) is 1. The Kier molecular flexibility index (Phi) is 4.01. The molecule has 3 N–H and O–H groups in total. The van der Waals surface area contributed by atoms with E-state index in [0.717, 1.165) is 17.2 Å². The van der Waals surface area contributed by atoms with Crippen molar-refractivity contribution in [2.75, 3.05) is 7.05 Å². The summed E-state index contributed by atoms with van der Waals surface area (Å²) in [7, 11) is 1.52. The van der Waals surface area contributed by atoms with Crippen LogP contribution in [0.1, 0.15) is 15.9 Å². The van der Waals surface area contributed by atoms with E-state index < -0.39 is 10.7 Å². The average Bonchev–Trinajstić information content (AvgIpc) is 2.29. The van der Waals surface area contributed by atoms with E-state index in [1.807, 2.05) is 0 Å². The molecule has 18 heavy (non-hydrogen) atoms. The van der Waals surface area contributed by atoms with Crippen LogP contribution in [-0.4, -0.2) is 27.9 Å². The predicted octanol–water partition coefficient (Wildman–Crippen LogP) is 1.11. The normalized spacial score (nSPS) is 10.6. The summed E-state index contributed by atoms with van der Waals surface area (Å²) in [5.74, 6) is 4.46. The minimum atomic E-state index is -0.623. The van der Waals surface area contributed by atoms with Crippen LogP contribution in [0.5, 0.6) is 5.75 Å². The number of carbonyl (C=O) groups excluding carboxylic acids is 1. The van der Waals surface area contributed by atoms with Gasteiger partial charge in [0, 0.05) is 31.5 Å². The first-order valence-electron chi connectivity index (χ1n) is 5.01. The number of aryl methyl sites for hydroxylation is 1. The van der Waals surface area contributed by atoms with Gasteiger partial charge in [0.1, 0.15) is 5.75 Å². The molecule has 0 fully saturated rings. The molecule has 0 unspecified atom stereocenters. The number of hydrogen-bond donors (Lipinski definition) is 2. The second kappa shape index (κ2) is 5.28. The zero-order valence-electron chi connectivity index (χ0n) is 9.95. The third-order valence-electron chi connectivity index (χ3n) is 2.22. The first-order valence-corrected chi connectivity index (χ1v) is 5.01. The molecular weight excluding hydrogens is 238 g/mol. The number of aromatic hydroxyl groups is 1. The molecule has 0 aliphatic rings. The van der Waals surface area contributed by atoms with Crippen molar-refractivity contribution in [2.24, 2.45) is 5.84 Å². The minimum Gasteiger partial charge on any atom is -0.507 e. The Balaban J connectivity index is 3.23. The van der Waals surface area contributed by atoms with Crippen molar-refractivity contribution >= 4 is 11.5 Å². The van der Waals surface area contributed by atoms with Gasteiger partial charge in [-0.1, -0.05) is 0 Å². The third kappa shape index (κ3) is 3.05. The van der Waals surface area contributed by atoms with E-state index >= 15 is 0 Å². The van der Waals surface area contributed by atoms with Crippen molar-refractivity contribution in [1.82, 2.24) is 5.01 Å². The summed E-state index contributed by atoms with van der Waals surface area (Å²) in [4.78, 5) is 21.8. The molecule has 0 atom stereocenters. The van der Waals surface area contributed by atoms with Crippen LogP contribution in [-0.2, 0) is 0 Å². The maximum absolute atomic E-state index is 11.7. The van der Waals surface area contributed by atoms with Gasteiger partial charge in [-0.05, 0) is 12.5 Å². The van der Waals surface area contributed by atoms with Gasteiger partial charge < -0.3 is 10.1 Å². The van der Waals surface area contributed by atoms with Gasteiger partial charge in [0.05, 0.1) is 10.5 Å². The number of nitro benzene ring substituents is 1. The average molecular weight is 251 g/mol. The van der Waals surface area contributed by atoms with Crippen LogP contribution in [0, 0.1) is 17.0 Å². The Morgan fingerprint density at radius 2 is 2.17 bits per heavy atom. The van der Waals surface area contributed by atoms with Crippen LogP contribution < -0.4 is 5.84 Å². The fourth-order valence-electron chi connectivity index (χ4n) is 1.33. The van der Waals surface area contributed by atoms with E-state index in [2.05, 4.69) is 0 Å². The van der Waals surface area contributed by atoms with Crippen LogP contribution in [0.15, 0.2) is 24.4 Å². The number of nitrogens with zero attached hydrogens (tertiary/aromatic N) is 2. The van der Waals surface area contributed by atoms with Crippen molar-refractivity contribution in [3.05, 3.63) is 45.6 Å². The monoisotopic (exact) mass is 251 g/mol. The number of phenolic OH excluding ortho intramolecular Hbond substituents is 1. The molecule has 0 spiro atoms. The van der Waals surface area contributed by atoms with Gasteiger partial charge in [-0.3, -0.25) is 14.9 Å². The van der Waals surface area contributed by atoms with E-state index in [1.165, 1.54) is 26.2 Å². The van der Waals surface area contributed by atoms with Gasteiger partial charge in [0.2, 0.25) is 0 Å².